The number of hydrogen-bond acceptors (Lipinski definition) is 5. The molecule has 21 heavy (non-hydrogen) atoms. The number of nitrogens with one attached hydrogen (secondary N) is 2. The molecule has 2 N–H and O–H groups in total. The van der Waals surface area contributed by atoms with E-state index in [1.165, 1.54) is 19.2 Å². The lowest BCUT2D eigenvalue weighted by atomic mass is 9.88. The largest absolute Gasteiger partial charge is 0.496 e. The molecule has 7 nitrogen and oxygen atoms in total. The molecule has 1 saturated heterocycles. The number of amides is 1. The Labute approximate surface area is 122 Å². The van der Waals surface area contributed by atoms with E-state index in [4.69, 9.17) is 4.74 Å². The number of rotatable bonds is 6. The molecule has 0 aromatic heterocycles. The third-order valence-corrected chi connectivity index (χ3v) is 3.86. The molecule has 0 spiro atoms. The van der Waals surface area contributed by atoms with Crippen molar-refractivity contribution < 1.29 is 14.5 Å². The van der Waals surface area contributed by atoms with Crippen molar-refractivity contribution in [3.63, 3.8) is 0 Å². The van der Waals surface area contributed by atoms with Crippen molar-refractivity contribution >= 4 is 11.6 Å². The van der Waals surface area contributed by atoms with E-state index in [0.29, 0.717) is 17.2 Å². The predicted molar refractivity (Wildman–Crippen MR) is 77.0 cm³/mol. The van der Waals surface area contributed by atoms with Crippen molar-refractivity contribution in [3.8, 4) is 5.75 Å². The van der Waals surface area contributed by atoms with Gasteiger partial charge in [-0.15, -0.1) is 0 Å². The van der Waals surface area contributed by atoms with Gasteiger partial charge in [-0.3, -0.25) is 14.9 Å². The molecule has 0 radical (unpaired) electrons. The van der Waals surface area contributed by atoms with E-state index >= 15 is 0 Å². The van der Waals surface area contributed by atoms with Crippen LogP contribution < -0.4 is 15.4 Å². The van der Waals surface area contributed by atoms with E-state index < -0.39 is 4.92 Å². The highest BCUT2D eigenvalue weighted by Gasteiger charge is 2.28. The van der Waals surface area contributed by atoms with Gasteiger partial charge in [-0.25, -0.2) is 0 Å². The molecule has 1 unspecified atom stereocenters. The standard InChI is InChI=1S/C14H19N3O4/c1-9(11-6-15-7-11)14(18)16-8-10-5-12(17(19)20)3-4-13(10)21-2/h3-5,9,11,15H,6-8H2,1-2H3,(H,16,18). The van der Waals surface area contributed by atoms with Crippen LogP contribution in [0.1, 0.15) is 12.5 Å². The highest BCUT2D eigenvalue weighted by molar-refractivity contribution is 5.78. The zero-order valence-corrected chi connectivity index (χ0v) is 12.1. The summed E-state index contributed by atoms with van der Waals surface area (Å²) in [6, 6.07) is 4.35. The quantitative estimate of drug-likeness (QED) is 0.604. The van der Waals surface area contributed by atoms with Crippen molar-refractivity contribution in [1.29, 1.82) is 0 Å². The minimum atomic E-state index is -0.465. The zero-order chi connectivity index (χ0) is 15.4. The average molecular weight is 293 g/mol. The molecule has 0 bridgehead atoms. The van der Waals surface area contributed by atoms with E-state index in [0.717, 1.165) is 13.1 Å². The second-order valence-electron chi connectivity index (χ2n) is 5.18. The molecule has 1 aliphatic heterocycles. The second kappa shape index (κ2) is 6.53. The number of carbonyl (C=O) groups is 1. The van der Waals surface area contributed by atoms with Crippen molar-refractivity contribution in [2.75, 3.05) is 20.2 Å². The third-order valence-electron chi connectivity index (χ3n) is 3.86. The third kappa shape index (κ3) is 3.49. The fraction of sp³-hybridized carbons (Fsp3) is 0.500. The summed E-state index contributed by atoms with van der Waals surface area (Å²) in [5, 5.41) is 16.8. The topological polar surface area (TPSA) is 93.5 Å². The van der Waals surface area contributed by atoms with Crippen LogP contribution in [0.4, 0.5) is 5.69 Å². The number of methoxy groups -OCH3 is 1. The minimum Gasteiger partial charge on any atom is -0.496 e. The Morgan fingerprint density at radius 1 is 1.57 bits per heavy atom. The van der Waals surface area contributed by atoms with Gasteiger partial charge in [-0.2, -0.15) is 0 Å². The number of benzene rings is 1. The fourth-order valence-corrected chi connectivity index (χ4v) is 2.24. The van der Waals surface area contributed by atoms with Crippen LogP contribution in [0.15, 0.2) is 18.2 Å². The van der Waals surface area contributed by atoms with Crippen LogP contribution in [0.25, 0.3) is 0 Å². The maximum Gasteiger partial charge on any atom is 0.270 e. The maximum absolute atomic E-state index is 12.1. The molecule has 7 heteroatoms. The molecular weight excluding hydrogens is 274 g/mol. The van der Waals surface area contributed by atoms with Gasteiger partial charge in [0.15, 0.2) is 0 Å². The summed E-state index contributed by atoms with van der Waals surface area (Å²) in [7, 11) is 1.50. The van der Waals surface area contributed by atoms with E-state index in [9.17, 15) is 14.9 Å². The van der Waals surface area contributed by atoms with E-state index in [1.54, 1.807) is 6.07 Å². The SMILES string of the molecule is COc1ccc([N+](=O)[O-])cc1CNC(=O)C(C)C1CNC1. The molecule has 1 aromatic carbocycles. The molecule has 0 saturated carbocycles. The first kappa shape index (κ1) is 15.2. The molecule has 2 rings (SSSR count). The van der Waals surface area contributed by atoms with Crippen molar-refractivity contribution in [1.82, 2.24) is 10.6 Å². The molecule has 1 atom stereocenters. The van der Waals surface area contributed by atoms with Gasteiger partial charge in [0.25, 0.3) is 5.69 Å². The van der Waals surface area contributed by atoms with Gasteiger partial charge in [0.05, 0.1) is 12.0 Å². The summed E-state index contributed by atoms with van der Waals surface area (Å²) < 4.78 is 5.17. The lowest BCUT2D eigenvalue weighted by Crippen LogP contribution is -2.49. The van der Waals surface area contributed by atoms with Crippen LogP contribution in [0.3, 0.4) is 0 Å². The summed E-state index contributed by atoms with van der Waals surface area (Å²) in [4.78, 5) is 22.4. The lowest BCUT2D eigenvalue weighted by molar-refractivity contribution is -0.384. The number of ether oxygens (including phenoxy) is 1. The Bertz CT molecular complexity index is 543. The molecule has 1 fully saturated rings. The molecule has 0 aliphatic carbocycles. The summed E-state index contributed by atoms with van der Waals surface area (Å²) in [6.07, 6.45) is 0. The van der Waals surface area contributed by atoms with Gasteiger partial charge < -0.3 is 15.4 Å². The summed E-state index contributed by atoms with van der Waals surface area (Å²) in [5.41, 5.74) is 0.579. The van der Waals surface area contributed by atoms with E-state index in [1.807, 2.05) is 6.92 Å². The minimum absolute atomic E-state index is 0.0173. The molecule has 114 valence electrons. The van der Waals surface area contributed by atoms with Crippen LogP contribution >= 0.6 is 0 Å². The number of nitrogens with zero attached hydrogens (tertiary/aromatic N) is 1. The Balaban J connectivity index is 2.02. The van der Waals surface area contributed by atoms with E-state index in [2.05, 4.69) is 10.6 Å². The van der Waals surface area contributed by atoms with Gasteiger partial charge in [0.1, 0.15) is 5.75 Å². The van der Waals surface area contributed by atoms with Gasteiger partial charge in [-0.05, 0) is 25.1 Å². The Morgan fingerprint density at radius 2 is 2.29 bits per heavy atom. The van der Waals surface area contributed by atoms with Gasteiger partial charge >= 0.3 is 0 Å². The maximum atomic E-state index is 12.1. The van der Waals surface area contributed by atoms with Gasteiger partial charge in [0.2, 0.25) is 5.91 Å². The normalized spacial score (nSPS) is 15.9. The lowest BCUT2D eigenvalue weighted by Gasteiger charge is -2.31. The van der Waals surface area contributed by atoms with Crippen LogP contribution in [0.5, 0.6) is 5.75 Å². The molecule has 1 amide bonds. The first-order valence-corrected chi connectivity index (χ1v) is 6.82. The number of nitro groups is 1. The smallest absolute Gasteiger partial charge is 0.270 e. The Hall–Kier alpha value is -2.15. The van der Waals surface area contributed by atoms with Crippen molar-refractivity contribution in [2.24, 2.45) is 11.8 Å². The number of carbonyl (C=O) groups excluding carboxylic acids is 1. The first-order valence-electron chi connectivity index (χ1n) is 6.82. The number of nitro benzene ring substituents is 1. The number of non-ortho nitro benzene ring substituents is 1. The Kier molecular flexibility index (Phi) is 4.74. The van der Waals surface area contributed by atoms with Crippen molar-refractivity contribution in [2.45, 2.75) is 13.5 Å². The predicted octanol–water partition coefficient (Wildman–Crippen LogP) is 1.08. The first-order chi connectivity index (χ1) is 10.0. The van der Waals surface area contributed by atoms with Crippen LogP contribution in [-0.4, -0.2) is 31.0 Å². The molecule has 1 aliphatic rings. The van der Waals surface area contributed by atoms with E-state index in [-0.39, 0.29) is 24.1 Å². The number of hydrogen-bond donors (Lipinski definition) is 2. The average Bonchev–Trinajstić information content (AvgIpc) is 2.42. The summed E-state index contributed by atoms with van der Waals surface area (Å²) in [6.45, 7) is 3.82. The van der Waals surface area contributed by atoms with Crippen LogP contribution in [0.2, 0.25) is 0 Å². The molecule has 1 aromatic rings. The second-order valence-corrected chi connectivity index (χ2v) is 5.18. The summed E-state index contributed by atoms with van der Waals surface area (Å²) >= 11 is 0. The highest BCUT2D eigenvalue weighted by Crippen LogP contribution is 2.24. The molecule has 1 heterocycles. The van der Waals surface area contributed by atoms with Crippen molar-refractivity contribution in [3.05, 3.63) is 33.9 Å². The van der Waals surface area contributed by atoms with Gasteiger partial charge in [-0.1, -0.05) is 6.92 Å². The summed E-state index contributed by atoms with van der Waals surface area (Å²) in [5.74, 6) is 0.766. The fourth-order valence-electron chi connectivity index (χ4n) is 2.24. The monoisotopic (exact) mass is 293 g/mol. The van der Waals surface area contributed by atoms with Crippen LogP contribution in [-0.2, 0) is 11.3 Å². The highest BCUT2D eigenvalue weighted by atomic mass is 16.6. The molecular formula is C14H19N3O4. The van der Waals surface area contributed by atoms with Gasteiger partial charge in [0, 0.05) is 30.2 Å². The zero-order valence-electron chi connectivity index (χ0n) is 12.1. The van der Waals surface area contributed by atoms with Crippen LogP contribution in [0, 0.1) is 22.0 Å². The Morgan fingerprint density at radius 3 is 2.81 bits per heavy atom.